The van der Waals surface area contributed by atoms with Crippen molar-refractivity contribution in [3.8, 4) is 0 Å². The number of unbranched alkanes of at least 4 members (excludes halogenated alkanes) is 9. The third-order valence-electron chi connectivity index (χ3n) is 3.70. The Balaban J connectivity index is 1.81. The van der Waals surface area contributed by atoms with Gasteiger partial charge in [0.05, 0.1) is 12.5 Å². The van der Waals surface area contributed by atoms with Crippen molar-refractivity contribution in [2.24, 2.45) is 5.92 Å². The summed E-state index contributed by atoms with van der Waals surface area (Å²) in [6, 6.07) is 0. The van der Waals surface area contributed by atoms with Gasteiger partial charge in [-0.2, -0.15) is 0 Å². The molecule has 1 rings (SSSR count). The number of cyclic esters (lactones) is 1. The molecule has 0 saturated carbocycles. The highest BCUT2D eigenvalue weighted by Gasteiger charge is 2.23. The molecule has 1 heterocycles. The topological polar surface area (TPSA) is 35.5 Å². The predicted molar refractivity (Wildman–Crippen MR) is 81.1 cm³/mol. The van der Waals surface area contributed by atoms with Crippen LogP contribution < -0.4 is 0 Å². The smallest absolute Gasteiger partial charge is 0.320 e. The molecule has 1 aliphatic heterocycles. The van der Waals surface area contributed by atoms with Crippen LogP contribution in [0.3, 0.4) is 0 Å². The molecular weight excluding hydrogens is 252 g/mol. The minimum absolute atomic E-state index is 0.155. The minimum Gasteiger partial charge on any atom is -0.465 e. The number of carbonyl (C=O) groups excluding carboxylic acids is 1. The number of rotatable bonds is 12. The zero-order chi connectivity index (χ0) is 14.6. The van der Waals surface area contributed by atoms with E-state index in [-0.39, 0.29) is 11.9 Å². The van der Waals surface area contributed by atoms with Gasteiger partial charge in [0.2, 0.25) is 0 Å². The van der Waals surface area contributed by atoms with Gasteiger partial charge < -0.3 is 9.47 Å². The van der Waals surface area contributed by atoms with Crippen molar-refractivity contribution < 1.29 is 14.3 Å². The van der Waals surface area contributed by atoms with Crippen LogP contribution in [0, 0.1) is 5.92 Å². The van der Waals surface area contributed by atoms with Crippen molar-refractivity contribution in [1.82, 2.24) is 0 Å². The Morgan fingerprint density at radius 1 is 1.00 bits per heavy atom. The van der Waals surface area contributed by atoms with Crippen LogP contribution in [0.25, 0.3) is 0 Å². The summed E-state index contributed by atoms with van der Waals surface area (Å²) in [7, 11) is 0. The summed E-state index contributed by atoms with van der Waals surface area (Å²) in [4.78, 5) is 11.1. The van der Waals surface area contributed by atoms with E-state index in [2.05, 4.69) is 6.92 Å². The third-order valence-corrected chi connectivity index (χ3v) is 3.70. The molecule has 0 radical (unpaired) electrons. The van der Waals surface area contributed by atoms with Crippen LogP contribution in [0.4, 0.5) is 0 Å². The maximum atomic E-state index is 11.1. The Labute approximate surface area is 123 Å². The first-order valence-corrected chi connectivity index (χ1v) is 8.30. The Kier molecular flexibility index (Phi) is 9.18. The van der Waals surface area contributed by atoms with E-state index in [4.69, 9.17) is 9.47 Å². The Bertz CT molecular complexity index is 297. The molecule has 3 heteroatoms. The monoisotopic (exact) mass is 282 g/mol. The number of esters is 1. The number of hydrogen-bond acceptors (Lipinski definition) is 3. The Morgan fingerprint density at radius 3 is 2.05 bits per heavy atom. The maximum absolute atomic E-state index is 11.1. The van der Waals surface area contributed by atoms with Crippen LogP contribution in [0.2, 0.25) is 0 Å². The van der Waals surface area contributed by atoms with Crippen molar-refractivity contribution in [3.05, 3.63) is 12.0 Å². The largest absolute Gasteiger partial charge is 0.465 e. The number of carbonyl (C=O) groups is 1. The molecule has 0 N–H and O–H groups in total. The van der Waals surface area contributed by atoms with Gasteiger partial charge in [0.15, 0.2) is 0 Å². The molecule has 1 aliphatic rings. The molecule has 0 aliphatic carbocycles. The van der Waals surface area contributed by atoms with Gasteiger partial charge in [-0.3, -0.25) is 4.79 Å². The van der Waals surface area contributed by atoms with Crippen molar-refractivity contribution in [1.29, 1.82) is 0 Å². The van der Waals surface area contributed by atoms with Gasteiger partial charge in [-0.15, -0.1) is 0 Å². The number of hydrogen-bond donors (Lipinski definition) is 0. The van der Waals surface area contributed by atoms with Gasteiger partial charge in [0.1, 0.15) is 0 Å². The molecule has 0 bridgehead atoms. The van der Waals surface area contributed by atoms with Gasteiger partial charge in [-0.05, 0) is 13.3 Å². The molecule has 0 aromatic carbocycles. The van der Waals surface area contributed by atoms with E-state index in [0.29, 0.717) is 12.6 Å². The fourth-order valence-electron chi connectivity index (χ4n) is 2.34. The molecule has 0 amide bonds. The van der Waals surface area contributed by atoms with Gasteiger partial charge in [0.25, 0.3) is 5.95 Å². The Hall–Kier alpha value is -0.990. The summed E-state index contributed by atoms with van der Waals surface area (Å²) in [5, 5.41) is 0. The highest BCUT2D eigenvalue weighted by Crippen LogP contribution is 2.18. The average Bonchev–Trinajstić information content (AvgIpc) is 2.75. The Morgan fingerprint density at radius 2 is 1.55 bits per heavy atom. The normalized spacial score (nSPS) is 18.0. The zero-order valence-electron chi connectivity index (χ0n) is 13.2. The first-order valence-electron chi connectivity index (χ1n) is 8.30. The van der Waals surface area contributed by atoms with Crippen molar-refractivity contribution in [2.45, 2.75) is 78.1 Å². The van der Waals surface area contributed by atoms with E-state index in [1.807, 2.05) is 6.92 Å². The zero-order valence-corrected chi connectivity index (χ0v) is 13.2. The van der Waals surface area contributed by atoms with E-state index in [1.54, 1.807) is 6.08 Å². The van der Waals surface area contributed by atoms with Crippen LogP contribution >= 0.6 is 0 Å². The molecule has 0 fully saturated rings. The second-order valence-electron chi connectivity index (χ2n) is 5.73. The van der Waals surface area contributed by atoms with Gasteiger partial charge in [0, 0.05) is 6.08 Å². The average molecular weight is 282 g/mol. The minimum atomic E-state index is -0.205. The lowest BCUT2D eigenvalue weighted by Crippen LogP contribution is -2.04. The quantitative estimate of drug-likeness (QED) is 0.375. The lowest BCUT2D eigenvalue weighted by atomic mass is 10.1. The molecule has 20 heavy (non-hydrogen) atoms. The molecule has 1 unspecified atom stereocenters. The SMILES string of the molecule is CCCCCCCCCCCCOC1=CC(C)C(=O)O1. The highest BCUT2D eigenvalue weighted by atomic mass is 16.7. The van der Waals surface area contributed by atoms with E-state index in [1.165, 1.54) is 57.8 Å². The summed E-state index contributed by atoms with van der Waals surface area (Å²) >= 11 is 0. The summed E-state index contributed by atoms with van der Waals surface area (Å²) in [6.07, 6.45) is 14.9. The molecule has 3 nitrogen and oxygen atoms in total. The molecular formula is C17H30O3. The van der Waals surface area contributed by atoms with Crippen molar-refractivity contribution >= 4 is 5.97 Å². The summed E-state index contributed by atoms with van der Waals surface area (Å²) in [6.45, 7) is 4.73. The fourth-order valence-corrected chi connectivity index (χ4v) is 2.34. The summed E-state index contributed by atoms with van der Waals surface area (Å²) < 4.78 is 10.4. The van der Waals surface area contributed by atoms with Crippen LogP contribution in [0.1, 0.15) is 78.1 Å². The van der Waals surface area contributed by atoms with Crippen LogP contribution in [-0.2, 0) is 14.3 Å². The van der Waals surface area contributed by atoms with Crippen LogP contribution in [-0.4, -0.2) is 12.6 Å². The van der Waals surface area contributed by atoms with E-state index >= 15 is 0 Å². The third kappa shape index (κ3) is 7.56. The molecule has 0 aromatic rings. The lowest BCUT2D eigenvalue weighted by Gasteiger charge is -2.05. The predicted octanol–water partition coefficient (Wildman–Crippen LogP) is 4.96. The van der Waals surface area contributed by atoms with Gasteiger partial charge in [-0.1, -0.05) is 64.7 Å². The number of ether oxygens (including phenoxy) is 2. The molecule has 116 valence electrons. The molecule has 1 atom stereocenters. The van der Waals surface area contributed by atoms with Crippen molar-refractivity contribution in [2.75, 3.05) is 6.61 Å². The second kappa shape index (κ2) is 10.8. The van der Waals surface area contributed by atoms with E-state index < -0.39 is 0 Å². The molecule has 0 saturated heterocycles. The van der Waals surface area contributed by atoms with Gasteiger partial charge >= 0.3 is 5.97 Å². The molecule has 0 spiro atoms. The van der Waals surface area contributed by atoms with Crippen LogP contribution in [0.15, 0.2) is 12.0 Å². The fraction of sp³-hybridized carbons (Fsp3) is 0.824. The van der Waals surface area contributed by atoms with Crippen molar-refractivity contribution in [3.63, 3.8) is 0 Å². The first-order chi connectivity index (χ1) is 9.74. The summed E-state index contributed by atoms with van der Waals surface area (Å²) in [5.41, 5.74) is 0. The van der Waals surface area contributed by atoms with Gasteiger partial charge in [-0.25, -0.2) is 0 Å². The molecule has 0 aromatic heterocycles. The summed E-state index contributed by atoms with van der Waals surface area (Å²) in [5.74, 6) is 0.0409. The van der Waals surface area contributed by atoms with Crippen LogP contribution in [0.5, 0.6) is 0 Å². The van der Waals surface area contributed by atoms with E-state index in [0.717, 1.165) is 6.42 Å². The second-order valence-corrected chi connectivity index (χ2v) is 5.73. The van der Waals surface area contributed by atoms with E-state index in [9.17, 15) is 4.79 Å². The standard InChI is InChI=1S/C17H30O3/c1-3-4-5-6-7-8-9-10-11-12-13-19-16-14-15(2)17(18)20-16/h14-15H,3-13H2,1-2H3. The lowest BCUT2D eigenvalue weighted by molar-refractivity contribution is -0.143. The maximum Gasteiger partial charge on any atom is 0.320 e. The highest BCUT2D eigenvalue weighted by molar-refractivity contribution is 5.77. The first kappa shape index (κ1) is 17.1.